The molecule has 0 saturated carbocycles. The summed E-state index contributed by atoms with van der Waals surface area (Å²) in [5.41, 5.74) is 11.7. The van der Waals surface area contributed by atoms with Crippen LogP contribution < -0.4 is 11.1 Å². The lowest BCUT2D eigenvalue weighted by Crippen LogP contribution is -2.16. The lowest BCUT2D eigenvalue weighted by Gasteiger charge is -2.21. The maximum Gasteiger partial charge on any atom is 0.417 e. The Kier molecular flexibility index (Phi) is 6.74. The van der Waals surface area contributed by atoms with E-state index in [9.17, 15) is 13.2 Å². The highest BCUT2D eigenvalue weighted by molar-refractivity contribution is 5.72. The first-order valence-electron chi connectivity index (χ1n) is 10.2. The van der Waals surface area contributed by atoms with Gasteiger partial charge in [-0.2, -0.15) is 13.2 Å². The molecule has 0 aliphatic heterocycles. The van der Waals surface area contributed by atoms with Crippen molar-refractivity contribution in [1.29, 1.82) is 0 Å². The monoisotopic (exact) mass is 424 g/mol. The fourth-order valence-corrected chi connectivity index (χ4v) is 3.75. The molecule has 2 nitrogen and oxygen atoms in total. The number of benzene rings is 2. The molecular formula is C26H27F3N2. The zero-order valence-electron chi connectivity index (χ0n) is 17.8. The third-order valence-electron chi connectivity index (χ3n) is 5.52. The molecule has 1 aliphatic carbocycles. The Bertz CT molecular complexity index is 1060. The molecule has 0 radical (unpaired) electrons. The summed E-state index contributed by atoms with van der Waals surface area (Å²) in [7, 11) is 1.80. The lowest BCUT2D eigenvalue weighted by atomic mass is 9.88. The molecular weight excluding hydrogens is 397 g/mol. The number of aryl methyl sites for hydroxylation is 1. The van der Waals surface area contributed by atoms with Gasteiger partial charge in [0.1, 0.15) is 0 Å². The Balaban J connectivity index is 1.89. The van der Waals surface area contributed by atoms with Gasteiger partial charge < -0.3 is 11.1 Å². The number of hydrogen-bond acceptors (Lipinski definition) is 2. The number of halogens is 3. The molecule has 3 rings (SSSR count). The number of hydrogen-bond donors (Lipinski definition) is 2. The molecule has 2 aromatic carbocycles. The minimum absolute atomic E-state index is 0.236. The van der Waals surface area contributed by atoms with Gasteiger partial charge in [0, 0.05) is 30.4 Å². The summed E-state index contributed by atoms with van der Waals surface area (Å²) < 4.78 is 40.6. The summed E-state index contributed by atoms with van der Waals surface area (Å²) in [4.78, 5) is 0. The van der Waals surface area contributed by atoms with Crippen molar-refractivity contribution in [3.05, 3.63) is 112 Å². The van der Waals surface area contributed by atoms with E-state index < -0.39 is 11.7 Å². The molecule has 162 valence electrons. The maximum atomic E-state index is 13.5. The summed E-state index contributed by atoms with van der Waals surface area (Å²) in [6.07, 6.45) is 0.881. The summed E-state index contributed by atoms with van der Waals surface area (Å²) in [5, 5.41) is 3.07. The van der Waals surface area contributed by atoms with E-state index in [1.807, 2.05) is 42.5 Å². The maximum absolute atomic E-state index is 13.5. The number of rotatable bonds is 6. The molecule has 0 heterocycles. The first-order valence-corrected chi connectivity index (χ1v) is 10.2. The van der Waals surface area contributed by atoms with E-state index in [2.05, 4.69) is 11.9 Å². The number of nitrogens with one attached hydrogen (secondary N) is 1. The second-order valence-electron chi connectivity index (χ2n) is 7.70. The van der Waals surface area contributed by atoms with Crippen LogP contribution in [0.25, 0.3) is 5.57 Å². The number of alkyl halides is 3. The predicted octanol–water partition coefficient (Wildman–Crippen LogP) is 6.31. The van der Waals surface area contributed by atoms with E-state index in [0.29, 0.717) is 36.1 Å². The van der Waals surface area contributed by atoms with Crippen molar-refractivity contribution in [2.45, 2.75) is 32.4 Å². The number of nitrogens with two attached hydrogens (primary N) is 1. The first kappa shape index (κ1) is 22.5. The van der Waals surface area contributed by atoms with Crippen LogP contribution in [0.1, 0.15) is 35.1 Å². The van der Waals surface area contributed by atoms with Crippen LogP contribution in [0, 0.1) is 6.92 Å². The summed E-state index contributed by atoms with van der Waals surface area (Å²) in [6, 6.07) is 14.4. The number of allylic oxidation sites excluding steroid dienone is 5. The van der Waals surface area contributed by atoms with Crippen molar-refractivity contribution in [3.8, 4) is 0 Å². The Morgan fingerprint density at radius 3 is 2.35 bits per heavy atom. The van der Waals surface area contributed by atoms with Gasteiger partial charge in [0.25, 0.3) is 0 Å². The fourth-order valence-electron chi connectivity index (χ4n) is 3.75. The van der Waals surface area contributed by atoms with E-state index in [-0.39, 0.29) is 5.56 Å². The van der Waals surface area contributed by atoms with Gasteiger partial charge in [-0.25, -0.2) is 0 Å². The number of likely N-dealkylation sites (N-methyl/N-ethyl adjacent to an activating group) is 1. The minimum Gasteiger partial charge on any atom is -0.398 e. The standard InChI is InChI=1S/C26H27F3N2/c1-17-9-14-22(24(15-17)26(27,28)29)20-10-12-21(13-11-20)25(30)23(18(2)31-3)16-19-7-5-4-6-8-19/h4-10,13-15,31H,2,11-12,16,30H2,1,3H3/b25-23-. The van der Waals surface area contributed by atoms with E-state index in [1.165, 1.54) is 6.07 Å². The highest BCUT2D eigenvalue weighted by atomic mass is 19.4. The van der Waals surface area contributed by atoms with E-state index in [4.69, 9.17) is 5.73 Å². The minimum atomic E-state index is -4.39. The van der Waals surface area contributed by atoms with Crippen molar-refractivity contribution < 1.29 is 13.2 Å². The van der Waals surface area contributed by atoms with Crippen molar-refractivity contribution in [3.63, 3.8) is 0 Å². The zero-order valence-corrected chi connectivity index (χ0v) is 17.8. The van der Waals surface area contributed by atoms with Crippen LogP contribution >= 0.6 is 0 Å². The summed E-state index contributed by atoms with van der Waals surface area (Å²) >= 11 is 0. The smallest absolute Gasteiger partial charge is 0.398 e. The molecule has 2 aromatic rings. The van der Waals surface area contributed by atoms with Crippen LogP contribution in [0.15, 0.2) is 89.8 Å². The van der Waals surface area contributed by atoms with Gasteiger partial charge in [-0.15, -0.1) is 0 Å². The molecule has 31 heavy (non-hydrogen) atoms. The van der Waals surface area contributed by atoms with Gasteiger partial charge in [-0.1, -0.05) is 66.8 Å². The average molecular weight is 425 g/mol. The molecule has 0 atom stereocenters. The van der Waals surface area contributed by atoms with Crippen LogP contribution in [-0.2, 0) is 12.6 Å². The zero-order chi connectivity index (χ0) is 22.6. The fraction of sp³-hybridized carbons (Fsp3) is 0.231. The van der Waals surface area contributed by atoms with Crippen LogP contribution in [0.2, 0.25) is 0 Å². The van der Waals surface area contributed by atoms with Crippen LogP contribution in [-0.4, -0.2) is 7.05 Å². The molecule has 0 unspecified atom stereocenters. The van der Waals surface area contributed by atoms with E-state index in [0.717, 1.165) is 22.4 Å². The van der Waals surface area contributed by atoms with Crippen molar-refractivity contribution in [1.82, 2.24) is 5.32 Å². The van der Waals surface area contributed by atoms with Gasteiger partial charge in [-0.05, 0) is 48.1 Å². The molecule has 5 heteroatoms. The van der Waals surface area contributed by atoms with Crippen LogP contribution in [0.4, 0.5) is 13.2 Å². The summed E-state index contributed by atoms with van der Waals surface area (Å²) in [5.74, 6) is 0. The Morgan fingerprint density at radius 1 is 1.06 bits per heavy atom. The Hall–Kier alpha value is -3.21. The molecule has 0 amide bonds. The van der Waals surface area contributed by atoms with Gasteiger partial charge >= 0.3 is 6.18 Å². The van der Waals surface area contributed by atoms with Gasteiger partial charge in [0.05, 0.1) is 5.56 Å². The van der Waals surface area contributed by atoms with Crippen molar-refractivity contribution >= 4 is 5.57 Å². The normalized spacial score (nSPS) is 15.0. The van der Waals surface area contributed by atoms with Crippen LogP contribution in [0.5, 0.6) is 0 Å². The highest BCUT2D eigenvalue weighted by Gasteiger charge is 2.34. The first-order chi connectivity index (χ1) is 14.7. The molecule has 0 saturated heterocycles. The Labute approximate surface area is 181 Å². The lowest BCUT2D eigenvalue weighted by molar-refractivity contribution is -0.137. The van der Waals surface area contributed by atoms with E-state index in [1.54, 1.807) is 26.1 Å². The SMILES string of the molecule is C=C(NC)/C(Cc1ccccc1)=C(\N)C1=CCC(c2ccc(C)cc2C(F)(F)F)=CC1. The predicted molar refractivity (Wildman–Crippen MR) is 121 cm³/mol. The van der Waals surface area contributed by atoms with Crippen molar-refractivity contribution in [2.75, 3.05) is 7.05 Å². The second kappa shape index (κ2) is 9.29. The van der Waals surface area contributed by atoms with Crippen molar-refractivity contribution in [2.24, 2.45) is 5.73 Å². The molecule has 0 spiro atoms. The summed E-state index contributed by atoms with van der Waals surface area (Å²) in [6.45, 7) is 5.75. The molecule has 0 fully saturated rings. The average Bonchev–Trinajstić information content (AvgIpc) is 2.77. The molecule has 0 bridgehead atoms. The third kappa shape index (κ3) is 5.29. The molecule has 3 N–H and O–H groups in total. The second-order valence-corrected chi connectivity index (χ2v) is 7.70. The van der Waals surface area contributed by atoms with Gasteiger partial charge in [0.15, 0.2) is 0 Å². The highest BCUT2D eigenvalue weighted by Crippen LogP contribution is 2.38. The quantitative estimate of drug-likeness (QED) is 0.534. The topological polar surface area (TPSA) is 38.0 Å². The van der Waals surface area contributed by atoms with E-state index >= 15 is 0 Å². The molecule has 0 aromatic heterocycles. The van der Waals surface area contributed by atoms with Gasteiger partial charge in [-0.3, -0.25) is 0 Å². The van der Waals surface area contributed by atoms with Crippen LogP contribution in [0.3, 0.4) is 0 Å². The van der Waals surface area contributed by atoms with Gasteiger partial charge in [0.2, 0.25) is 0 Å². The largest absolute Gasteiger partial charge is 0.417 e. The molecule has 1 aliphatic rings. The third-order valence-corrected chi connectivity index (χ3v) is 5.52. The Morgan fingerprint density at radius 2 is 1.77 bits per heavy atom.